The SMILES string of the molecule is CC1CCC(CNc2nc(-c3cnn(C)c3)cc3nccnc23)CN1. The summed E-state index contributed by atoms with van der Waals surface area (Å²) in [5, 5.41) is 11.3. The first-order chi connectivity index (χ1) is 12.2. The average molecular weight is 337 g/mol. The molecule has 7 heteroatoms. The van der Waals surface area contributed by atoms with E-state index in [0.29, 0.717) is 12.0 Å². The summed E-state index contributed by atoms with van der Waals surface area (Å²) in [6.07, 6.45) is 9.65. The van der Waals surface area contributed by atoms with Crippen molar-refractivity contribution in [3.63, 3.8) is 0 Å². The third-order valence-electron chi connectivity index (χ3n) is 4.78. The molecule has 1 aliphatic rings. The Morgan fingerprint density at radius 1 is 1.28 bits per heavy atom. The van der Waals surface area contributed by atoms with E-state index >= 15 is 0 Å². The van der Waals surface area contributed by atoms with Crippen LogP contribution in [0.4, 0.5) is 5.82 Å². The van der Waals surface area contributed by atoms with Crippen LogP contribution >= 0.6 is 0 Å². The minimum absolute atomic E-state index is 0.603. The molecular formula is C18H23N7. The Labute approximate surface area is 146 Å². The third-order valence-corrected chi connectivity index (χ3v) is 4.78. The zero-order valence-corrected chi connectivity index (χ0v) is 14.6. The summed E-state index contributed by atoms with van der Waals surface area (Å²) < 4.78 is 1.78. The Hall–Kier alpha value is -2.54. The smallest absolute Gasteiger partial charge is 0.154 e. The molecule has 3 aromatic rings. The summed E-state index contributed by atoms with van der Waals surface area (Å²) in [6, 6.07) is 2.59. The molecule has 7 nitrogen and oxygen atoms in total. The average Bonchev–Trinajstić information content (AvgIpc) is 3.07. The van der Waals surface area contributed by atoms with E-state index in [1.54, 1.807) is 17.1 Å². The maximum absolute atomic E-state index is 4.80. The molecule has 0 radical (unpaired) electrons. The van der Waals surface area contributed by atoms with Crippen LogP contribution in [0.2, 0.25) is 0 Å². The molecule has 25 heavy (non-hydrogen) atoms. The molecule has 130 valence electrons. The highest BCUT2D eigenvalue weighted by Crippen LogP contribution is 2.25. The molecular weight excluding hydrogens is 314 g/mol. The third kappa shape index (κ3) is 3.46. The van der Waals surface area contributed by atoms with E-state index in [4.69, 9.17) is 4.98 Å². The quantitative estimate of drug-likeness (QED) is 0.760. The molecule has 0 aromatic carbocycles. The van der Waals surface area contributed by atoms with Crippen molar-refractivity contribution in [2.75, 3.05) is 18.4 Å². The number of hydrogen-bond acceptors (Lipinski definition) is 6. The van der Waals surface area contributed by atoms with Gasteiger partial charge < -0.3 is 10.6 Å². The number of fused-ring (bicyclic) bond motifs is 1. The number of hydrogen-bond donors (Lipinski definition) is 2. The lowest BCUT2D eigenvalue weighted by Gasteiger charge is -2.27. The van der Waals surface area contributed by atoms with Crippen LogP contribution in [0.1, 0.15) is 19.8 Å². The van der Waals surface area contributed by atoms with Gasteiger partial charge >= 0.3 is 0 Å². The standard InChI is InChI=1S/C18H23N7/c1-12-3-4-13(8-21-12)9-22-18-17-16(19-5-6-20-17)7-15(24-18)14-10-23-25(2)11-14/h5-7,10-13,21H,3-4,8-9H2,1-2H3,(H,22,24). The molecule has 0 aliphatic carbocycles. The molecule has 2 N–H and O–H groups in total. The maximum atomic E-state index is 4.80. The highest BCUT2D eigenvalue weighted by atomic mass is 15.2. The van der Waals surface area contributed by atoms with Crippen LogP contribution in [0.3, 0.4) is 0 Å². The Morgan fingerprint density at radius 3 is 2.92 bits per heavy atom. The van der Waals surface area contributed by atoms with Gasteiger partial charge in [-0.15, -0.1) is 0 Å². The number of aryl methyl sites for hydroxylation is 1. The van der Waals surface area contributed by atoms with Gasteiger partial charge in [0.15, 0.2) is 5.82 Å². The zero-order valence-electron chi connectivity index (χ0n) is 14.6. The van der Waals surface area contributed by atoms with Gasteiger partial charge in [0, 0.05) is 43.8 Å². The number of piperidine rings is 1. The normalized spacial score (nSPS) is 20.7. The summed E-state index contributed by atoms with van der Waals surface area (Å²) >= 11 is 0. The molecule has 4 heterocycles. The molecule has 3 aromatic heterocycles. The second-order valence-corrected chi connectivity index (χ2v) is 6.82. The molecule has 1 fully saturated rings. The van der Waals surface area contributed by atoms with Gasteiger partial charge in [-0.2, -0.15) is 5.10 Å². The molecule has 1 saturated heterocycles. The number of anilines is 1. The van der Waals surface area contributed by atoms with Gasteiger partial charge in [-0.05, 0) is 38.3 Å². The van der Waals surface area contributed by atoms with E-state index < -0.39 is 0 Å². The summed E-state index contributed by atoms with van der Waals surface area (Å²) in [4.78, 5) is 13.7. The van der Waals surface area contributed by atoms with Crippen LogP contribution in [0.15, 0.2) is 30.9 Å². The minimum atomic E-state index is 0.603. The topological polar surface area (TPSA) is 80.6 Å². The molecule has 4 rings (SSSR count). The van der Waals surface area contributed by atoms with Crippen LogP contribution in [0.5, 0.6) is 0 Å². The molecule has 2 unspecified atom stereocenters. The fraction of sp³-hybridized carbons (Fsp3) is 0.444. The van der Waals surface area contributed by atoms with Crippen molar-refractivity contribution in [1.29, 1.82) is 0 Å². The van der Waals surface area contributed by atoms with Gasteiger partial charge in [0.25, 0.3) is 0 Å². The number of aromatic nitrogens is 5. The Kier molecular flexibility index (Phi) is 4.31. The molecule has 0 saturated carbocycles. The summed E-state index contributed by atoms with van der Waals surface area (Å²) in [5.74, 6) is 1.40. The molecule has 0 spiro atoms. The Bertz CT molecular complexity index is 865. The van der Waals surface area contributed by atoms with Crippen molar-refractivity contribution < 1.29 is 0 Å². The van der Waals surface area contributed by atoms with Gasteiger partial charge in [-0.25, -0.2) is 9.97 Å². The lowest BCUT2D eigenvalue weighted by Crippen LogP contribution is -2.39. The van der Waals surface area contributed by atoms with E-state index in [0.717, 1.165) is 41.2 Å². The van der Waals surface area contributed by atoms with Crippen molar-refractivity contribution in [2.45, 2.75) is 25.8 Å². The van der Waals surface area contributed by atoms with Crippen LogP contribution < -0.4 is 10.6 Å². The summed E-state index contributed by atoms with van der Waals surface area (Å²) in [6.45, 7) is 4.17. The lowest BCUT2D eigenvalue weighted by atomic mass is 9.95. The van der Waals surface area contributed by atoms with Crippen LogP contribution in [0, 0.1) is 5.92 Å². The van der Waals surface area contributed by atoms with Crippen LogP contribution in [-0.2, 0) is 7.05 Å². The first-order valence-electron chi connectivity index (χ1n) is 8.77. The Morgan fingerprint density at radius 2 is 2.16 bits per heavy atom. The summed E-state index contributed by atoms with van der Waals surface area (Å²) in [5.41, 5.74) is 3.49. The van der Waals surface area contributed by atoms with Crippen molar-refractivity contribution in [3.05, 3.63) is 30.9 Å². The fourth-order valence-electron chi connectivity index (χ4n) is 3.27. The van der Waals surface area contributed by atoms with E-state index in [-0.39, 0.29) is 0 Å². The number of rotatable bonds is 4. The van der Waals surface area contributed by atoms with Crippen molar-refractivity contribution in [2.24, 2.45) is 13.0 Å². The Balaban J connectivity index is 1.62. The highest BCUT2D eigenvalue weighted by Gasteiger charge is 2.18. The predicted octanol–water partition coefficient (Wildman–Crippen LogP) is 2.23. The second kappa shape index (κ2) is 6.76. The van der Waals surface area contributed by atoms with Gasteiger partial charge in [-0.3, -0.25) is 9.67 Å². The monoisotopic (exact) mass is 337 g/mol. The van der Waals surface area contributed by atoms with Gasteiger partial charge in [0.2, 0.25) is 0 Å². The zero-order chi connectivity index (χ0) is 17.2. The van der Waals surface area contributed by atoms with E-state index in [1.165, 1.54) is 12.8 Å². The number of pyridine rings is 1. The van der Waals surface area contributed by atoms with Gasteiger partial charge in [0.1, 0.15) is 5.52 Å². The van der Waals surface area contributed by atoms with Crippen LogP contribution in [-0.4, -0.2) is 43.9 Å². The predicted molar refractivity (Wildman–Crippen MR) is 98.2 cm³/mol. The second-order valence-electron chi connectivity index (χ2n) is 6.82. The molecule has 1 aliphatic heterocycles. The molecule has 0 bridgehead atoms. The highest BCUT2D eigenvalue weighted by molar-refractivity contribution is 5.88. The van der Waals surface area contributed by atoms with E-state index in [2.05, 4.69) is 32.6 Å². The lowest BCUT2D eigenvalue weighted by molar-refractivity contribution is 0.334. The maximum Gasteiger partial charge on any atom is 0.154 e. The first kappa shape index (κ1) is 16.0. The van der Waals surface area contributed by atoms with Gasteiger partial charge in [0.05, 0.1) is 17.4 Å². The number of nitrogens with zero attached hydrogens (tertiary/aromatic N) is 5. The fourth-order valence-corrected chi connectivity index (χ4v) is 3.27. The first-order valence-corrected chi connectivity index (χ1v) is 8.77. The van der Waals surface area contributed by atoms with Crippen molar-refractivity contribution >= 4 is 16.9 Å². The van der Waals surface area contributed by atoms with Gasteiger partial charge in [-0.1, -0.05) is 0 Å². The molecule has 0 amide bonds. The summed E-state index contributed by atoms with van der Waals surface area (Å²) in [7, 11) is 1.90. The molecule has 2 atom stereocenters. The van der Waals surface area contributed by atoms with E-state index in [9.17, 15) is 0 Å². The minimum Gasteiger partial charge on any atom is -0.368 e. The number of nitrogens with one attached hydrogen (secondary N) is 2. The van der Waals surface area contributed by atoms with Crippen molar-refractivity contribution in [1.82, 2.24) is 30.0 Å². The van der Waals surface area contributed by atoms with Crippen LogP contribution in [0.25, 0.3) is 22.3 Å². The van der Waals surface area contributed by atoms with E-state index in [1.807, 2.05) is 25.5 Å². The largest absolute Gasteiger partial charge is 0.368 e. The van der Waals surface area contributed by atoms with Crippen molar-refractivity contribution in [3.8, 4) is 11.3 Å².